The number of carboxylic acid groups (broad SMARTS) is 2. The summed E-state index contributed by atoms with van der Waals surface area (Å²) in [4.78, 5) is 47.6. The zero-order valence-corrected chi connectivity index (χ0v) is 25.7. The van der Waals surface area contributed by atoms with Crippen LogP contribution in [0.1, 0.15) is 68.4 Å². The summed E-state index contributed by atoms with van der Waals surface area (Å²) in [5, 5.41) is 25.0. The highest BCUT2D eigenvalue weighted by Gasteiger charge is 2.69. The van der Waals surface area contributed by atoms with Gasteiger partial charge in [-0.05, 0) is 32.8 Å². The highest BCUT2D eigenvalue weighted by Crippen LogP contribution is 2.69. The summed E-state index contributed by atoms with van der Waals surface area (Å²) in [7, 11) is 3.03. The molecule has 1 aromatic carbocycles. The molecule has 2 aliphatic rings. The van der Waals surface area contributed by atoms with Crippen LogP contribution in [-0.2, 0) is 27.9 Å². The van der Waals surface area contributed by atoms with E-state index in [-0.39, 0.29) is 58.8 Å². The number of carbonyl (C=O) groups excluding carboxylic acids is 1. The minimum atomic E-state index is -1.08. The van der Waals surface area contributed by atoms with Crippen LogP contribution in [0.5, 0.6) is 5.75 Å². The highest BCUT2D eigenvalue weighted by molar-refractivity contribution is 5.88. The number of benzene rings is 1. The van der Waals surface area contributed by atoms with Gasteiger partial charge in [-0.2, -0.15) is 5.10 Å². The van der Waals surface area contributed by atoms with E-state index in [9.17, 15) is 24.3 Å². The first-order chi connectivity index (χ1) is 18.7. The van der Waals surface area contributed by atoms with Gasteiger partial charge in [0, 0.05) is 19.4 Å². The van der Waals surface area contributed by atoms with Crippen molar-refractivity contribution in [2.45, 2.75) is 75.3 Å². The Morgan fingerprint density at radius 3 is 1.76 bits per heavy atom. The van der Waals surface area contributed by atoms with Crippen molar-refractivity contribution in [2.75, 3.05) is 7.11 Å². The number of methoxy groups -OCH3 is 1. The monoisotopic (exact) mass is 585 g/mol. The number of aliphatic carboxylic acids is 2. The fourth-order valence-electron chi connectivity index (χ4n) is 6.11. The van der Waals surface area contributed by atoms with E-state index in [0.717, 1.165) is 5.56 Å². The Hall–Kier alpha value is -3.69. The molecule has 2 aromatic rings. The fraction of sp³-hybridized carbons (Fsp3) is 0.594. The van der Waals surface area contributed by atoms with Crippen LogP contribution in [-0.4, -0.2) is 51.0 Å². The largest absolute Gasteiger partial charge is 0.494 e. The van der Waals surface area contributed by atoms with Gasteiger partial charge in [-0.3, -0.25) is 14.4 Å². The normalized spacial score (nSPS) is 19.7. The third-order valence-electron chi connectivity index (χ3n) is 10.2. The molecule has 2 fully saturated rings. The number of ether oxygens (including phenoxy) is 1. The molecule has 1 heterocycles. The van der Waals surface area contributed by atoms with Crippen molar-refractivity contribution in [2.24, 2.45) is 40.5 Å². The Morgan fingerprint density at radius 2 is 1.40 bits per heavy atom. The molecule has 0 unspecified atom stereocenters. The van der Waals surface area contributed by atoms with Gasteiger partial charge in [0.2, 0.25) is 5.91 Å². The van der Waals surface area contributed by atoms with Gasteiger partial charge in [-0.1, -0.05) is 87.1 Å². The minimum absolute atomic E-state index is 0. The molecule has 0 saturated heterocycles. The van der Waals surface area contributed by atoms with Crippen LogP contribution in [0.3, 0.4) is 0 Å². The first kappa shape index (κ1) is 34.5. The maximum absolute atomic E-state index is 12.7. The van der Waals surface area contributed by atoms with Crippen LogP contribution in [0.15, 0.2) is 35.3 Å². The molecule has 0 spiro atoms. The van der Waals surface area contributed by atoms with E-state index in [1.165, 1.54) is 18.0 Å². The van der Waals surface area contributed by atoms with Gasteiger partial charge in [0.15, 0.2) is 5.75 Å². The molecule has 2 saturated carbocycles. The first-order valence-electron chi connectivity index (χ1n) is 13.7. The number of hydrogen-bond donors (Lipinski definition) is 3. The average molecular weight is 586 g/mol. The van der Waals surface area contributed by atoms with Gasteiger partial charge >= 0.3 is 11.9 Å². The Balaban J connectivity index is 0.000000475. The van der Waals surface area contributed by atoms with E-state index in [1.54, 1.807) is 31.3 Å². The van der Waals surface area contributed by atoms with Crippen molar-refractivity contribution in [3.05, 3.63) is 46.4 Å². The van der Waals surface area contributed by atoms with Crippen LogP contribution in [0.25, 0.3) is 11.1 Å². The van der Waals surface area contributed by atoms with Gasteiger partial charge in [-0.15, -0.1) is 0 Å². The molecule has 1 aromatic heterocycles. The number of nitrogens with one attached hydrogen (secondary N) is 1. The topological polar surface area (TPSA) is 148 Å². The van der Waals surface area contributed by atoms with Crippen molar-refractivity contribution in [1.82, 2.24) is 15.1 Å². The van der Waals surface area contributed by atoms with Crippen molar-refractivity contribution < 1.29 is 29.3 Å². The number of amides is 1. The number of aryl methyl sites for hydroxylation is 1. The summed E-state index contributed by atoms with van der Waals surface area (Å²) in [5.74, 6) is -1.99. The predicted molar refractivity (Wildman–Crippen MR) is 161 cm³/mol. The quantitative estimate of drug-likeness (QED) is 0.406. The Bertz CT molecular complexity index is 1380. The average Bonchev–Trinajstić information content (AvgIpc) is 3.48. The molecule has 2 aliphatic carbocycles. The van der Waals surface area contributed by atoms with Crippen molar-refractivity contribution >= 4 is 17.8 Å². The second-order valence-electron chi connectivity index (χ2n) is 13.4. The Kier molecular flexibility index (Phi) is 9.48. The molecular weight excluding hydrogens is 538 g/mol. The zero-order chi connectivity index (χ0) is 31.3. The summed E-state index contributed by atoms with van der Waals surface area (Å²) >= 11 is 0. The maximum Gasteiger partial charge on any atom is 0.326 e. The number of rotatable bonds is 8. The van der Waals surface area contributed by atoms with Gasteiger partial charge in [0.25, 0.3) is 5.56 Å². The number of carboxylic acids is 2. The molecule has 42 heavy (non-hydrogen) atoms. The summed E-state index contributed by atoms with van der Waals surface area (Å²) in [6.45, 7) is 16.1. The van der Waals surface area contributed by atoms with Crippen molar-refractivity contribution in [1.29, 1.82) is 0 Å². The molecule has 3 N–H and O–H groups in total. The standard InChI is InChI=1S/C23H29N3O5.C8H14O2.CH4/c1-22(2)18(23(22,3)4)19(27)25-15(21(29)30)11-13-7-9-14(10-8-13)17-16(31-6)12-24-26(5)20(17)28;1-7(2)5(6(9)10)8(7,3)4;/h7-10,12,15,18H,11H2,1-6H3,(H,25,27)(H,29,30);5H,1-4H3,(H,9,10);1H4/t15-;;/m0../s1. The summed E-state index contributed by atoms with van der Waals surface area (Å²) in [6.07, 6.45) is 1.61. The first-order valence-corrected chi connectivity index (χ1v) is 13.7. The van der Waals surface area contributed by atoms with Crippen LogP contribution in [0.4, 0.5) is 0 Å². The highest BCUT2D eigenvalue weighted by atomic mass is 16.5. The van der Waals surface area contributed by atoms with Crippen LogP contribution >= 0.6 is 0 Å². The number of carbonyl (C=O) groups is 3. The van der Waals surface area contributed by atoms with E-state index < -0.39 is 18.0 Å². The van der Waals surface area contributed by atoms with E-state index in [0.29, 0.717) is 16.9 Å². The second kappa shape index (κ2) is 11.5. The molecule has 1 atom stereocenters. The molecule has 0 radical (unpaired) electrons. The molecule has 4 rings (SSSR count). The van der Waals surface area contributed by atoms with Crippen LogP contribution in [0, 0.1) is 33.5 Å². The lowest BCUT2D eigenvalue weighted by Crippen LogP contribution is -2.43. The van der Waals surface area contributed by atoms with Gasteiger partial charge in [0.1, 0.15) is 6.04 Å². The molecule has 232 valence electrons. The predicted octanol–water partition coefficient (Wildman–Crippen LogP) is 4.64. The lowest BCUT2D eigenvalue weighted by molar-refractivity contribution is -0.142. The van der Waals surface area contributed by atoms with Gasteiger partial charge < -0.3 is 20.3 Å². The lowest BCUT2D eigenvalue weighted by atomic mass is 10.0. The van der Waals surface area contributed by atoms with E-state index >= 15 is 0 Å². The summed E-state index contributed by atoms with van der Waals surface area (Å²) < 4.78 is 6.49. The van der Waals surface area contributed by atoms with Crippen LogP contribution in [0.2, 0.25) is 0 Å². The minimum Gasteiger partial charge on any atom is -0.494 e. The van der Waals surface area contributed by atoms with E-state index in [4.69, 9.17) is 9.84 Å². The number of aromatic nitrogens is 2. The number of nitrogens with zero attached hydrogens (tertiary/aromatic N) is 2. The van der Waals surface area contributed by atoms with Crippen molar-refractivity contribution in [3.8, 4) is 16.9 Å². The third kappa shape index (κ3) is 5.94. The summed E-state index contributed by atoms with van der Waals surface area (Å²) in [5.41, 5.74) is 1.09. The molecular formula is C32H47N3O7. The SMILES string of the molecule is C.CC1(C)C(C(=O)O)C1(C)C.COc1cnn(C)c(=O)c1-c1ccc(C[C@H](NC(=O)C2C(C)(C)C2(C)C)C(=O)O)cc1. The van der Waals surface area contributed by atoms with Crippen molar-refractivity contribution in [3.63, 3.8) is 0 Å². The summed E-state index contributed by atoms with van der Waals surface area (Å²) in [6, 6.07) is 5.95. The van der Waals surface area contributed by atoms with Gasteiger partial charge in [0.05, 0.1) is 24.8 Å². The third-order valence-corrected chi connectivity index (χ3v) is 10.2. The molecule has 0 bridgehead atoms. The smallest absolute Gasteiger partial charge is 0.326 e. The Morgan fingerprint density at radius 1 is 0.929 bits per heavy atom. The van der Waals surface area contributed by atoms with E-state index in [2.05, 4.69) is 10.4 Å². The second-order valence-corrected chi connectivity index (χ2v) is 13.4. The maximum atomic E-state index is 12.7. The molecule has 10 nitrogen and oxygen atoms in total. The molecule has 10 heteroatoms. The Labute approximate surface area is 248 Å². The number of hydrogen-bond acceptors (Lipinski definition) is 6. The molecule has 0 aliphatic heterocycles. The lowest BCUT2D eigenvalue weighted by Gasteiger charge is -2.16. The van der Waals surface area contributed by atoms with Gasteiger partial charge in [-0.25, -0.2) is 9.48 Å². The molecule has 1 amide bonds. The zero-order valence-electron chi connectivity index (χ0n) is 25.7. The van der Waals surface area contributed by atoms with E-state index in [1.807, 2.05) is 55.4 Å². The fourth-order valence-corrected chi connectivity index (χ4v) is 6.11. The van der Waals surface area contributed by atoms with Crippen LogP contribution < -0.4 is 15.6 Å².